The molecule has 0 spiro atoms. The second-order valence-corrected chi connectivity index (χ2v) is 5.35. The van der Waals surface area contributed by atoms with Crippen LogP contribution in [0.4, 0.5) is 0 Å². The quantitative estimate of drug-likeness (QED) is 0.639. The normalized spacial score (nSPS) is 13.3. The first-order valence-electron chi connectivity index (χ1n) is 4.12. The van der Waals surface area contributed by atoms with E-state index >= 15 is 0 Å². The minimum Gasteiger partial charge on any atom is -0.266 e. The van der Waals surface area contributed by atoms with Crippen LogP contribution in [0.2, 0.25) is 0 Å². The fraction of sp³-hybridized carbons (Fsp3) is 1.00. The van der Waals surface area contributed by atoms with E-state index in [0.29, 0.717) is 0 Å². The third-order valence-electron chi connectivity index (χ3n) is 1.60. The summed E-state index contributed by atoms with van der Waals surface area (Å²) < 4.78 is 26.6. The van der Waals surface area contributed by atoms with Gasteiger partial charge in [-0.1, -0.05) is 27.7 Å². The van der Waals surface area contributed by atoms with Crippen LogP contribution in [0.3, 0.4) is 0 Å². The molecule has 0 radical (unpaired) electrons. The van der Waals surface area contributed by atoms with E-state index in [1.54, 1.807) is 0 Å². The summed E-state index contributed by atoms with van der Waals surface area (Å²) in [4.78, 5) is 0. The predicted octanol–water partition coefficient (Wildman–Crippen LogP) is 1.64. The van der Waals surface area contributed by atoms with E-state index < -0.39 is 10.1 Å². The number of hydrogen-bond donors (Lipinski definition) is 0. The van der Waals surface area contributed by atoms with Crippen molar-refractivity contribution >= 4 is 10.1 Å². The molecule has 0 aliphatic carbocycles. The van der Waals surface area contributed by atoms with Crippen molar-refractivity contribution in [2.24, 2.45) is 11.8 Å². The molecular weight excluding hydrogens is 176 g/mol. The summed E-state index contributed by atoms with van der Waals surface area (Å²) in [6.45, 7) is 7.82. The molecule has 0 unspecified atom stereocenters. The van der Waals surface area contributed by atoms with Crippen LogP contribution in [0.5, 0.6) is 0 Å². The molecule has 0 aromatic rings. The van der Waals surface area contributed by atoms with E-state index in [9.17, 15) is 8.42 Å². The van der Waals surface area contributed by atoms with Gasteiger partial charge in [0.2, 0.25) is 0 Å². The van der Waals surface area contributed by atoms with E-state index in [2.05, 4.69) is 0 Å². The molecule has 0 saturated carbocycles. The van der Waals surface area contributed by atoms with Crippen molar-refractivity contribution in [3.05, 3.63) is 0 Å². The van der Waals surface area contributed by atoms with Crippen LogP contribution in [-0.2, 0) is 14.3 Å². The molecule has 12 heavy (non-hydrogen) atoms. The Hall–Kier alpha value is -0.0900. The summed E-state index contributed by atoms with van der Waals surface area (Å²) in [5, 5.41) is 0. The lowest BCUT2D eigenvalue weighted by atomic mass is 9.97. The fourth-order valence-corrected chi connectivity index (χ4v) is 2.04. The van der Waals surface area contributed by atoms with Crippen molar-refractivity contribution < 1.29 is 12.6 Å². The molecule has 0 aliphatic heterocycles. The third kappa shape index (κ3) is 4.72. The Morgan fingerprint density at radius 3 is 1.42 bits per heavy atom. The number of hydrogen-bond acceptors (Lipinski definition) is 3. The van der Waals surface area contributed by atoms with Crippen LogP contribution in [0.25, 0.3) is 0 Å². The van der Waals surface area contributed by atoms with Crippen molar-refractivity contribution in [1.82, 2.24) is 0 Å². The molecule has 0 aromatic heterocycles. The topological polar surface area (TPSA) is 43.4 Å². The predicted molar refractivity (Wildman–Crippen MR) is 49.4 cm³/mol. The zero-order chi connectivity index (χ0) is 9.94. The third-order valence-corrected chi connectivity index (χ3v) is 2.17. The van der Waals surface area contributed by atoms with Crippen molar-refractivity contribution in [3.63, 3.8) is 0 Å². The van der Waals surface area contributed by atoms with Crippen molar-refractivity contribution in [3.8, 4) is 0 Å². The molecule has 0 saturated heterocycles. The minimum atomic E-state index is -3.31. The Balaban J connectivity index is 4.35. The molecule has 0 atom stereocenters. The number of rotatable bonds is 4. The van der Waals surface area contributed by atoms with Crippen LogP contribution in [0.1, 0.15) is 27.7 Å². The smallest absolute Gasteiger partial charge is 0.264 e. The van der Waals surface area contributed by atoms with Gasteiger partial charge in [0.25, 0.3) is 10.1 Å². The van der Waals surface area contributed by atoms with Crippen LogP contribution in [-0.4, -0.2) is 20.8 Å². The van der Waals surface area contributed by atoms with E-state index in [0.717, 1.165) is 6.26 Å². The zero-order valence-electron chi connectivity index (χ0n) is 8.37. The van der Waals surface area contributed by atoms with Crippen molar-refractivity contribution in [2.45, 2.75) is 33.8 Å². The van der Waals surface area contributed by atoms with Crippen LogP contribution >= 0.6 is 0 Å². The summed E-state index contributed by atoms with van der Waals surface area (Å²) in [5.74, 6) is 0.444. The first kappa shape index (κ1) is 11.9. The van der Waals surface area contributed by atoms with Crippen molar-refractivity contribution in [2.75, 3.05) is 6.26 Å². The first-order valence-corrected chi connectivity index (χ1v) is 5.94. The van der Waals surface area contributed by atoms with E-state index in [-0.39, 0.29) is 17.9 Å². The van der Waals surface area contributed by atoms with Crippen molar-refractivity contribution in [1.29, 1.82) is 0 Å². The monoisotopic (exact) mass is 194 g/mol. The standard InChI is InChI=1S/C8H18O3S/c1-6(2)8(7(3)4)11-12(5,9)10/h6-8H,1-5H3. The highest BCUT2D eigenvalue weighted by molar-refractivity contribution is 7.86. The minimum absolute atomic E-state index is 0.208. The van der Waals surface area contributed by atoms with Gasteiger partial charge in [-0.3, -0.25) is 4.18 Å². The highest BCUT2D eigenvalue weighted by atomic mass is 32.2. The Kier molecular flexibility index (Phi) is 4.20. The maximum Gasteiger partial charge on any atom is 0.264 e. The van der Waals surface area contributed by atoms with E-state index in [4.69, 9.17) is 4.18 Å². The maximum atomic E-state index is 10.8. The molecule has 4 heteroatoms. The maximum absolute atomic E-state index is 10.8. The first-order chi connectivity index (χ1) is 5.24. The Bertz CT molecular complexity index is 208. The van der Waals surface area contributed by atoms with Gasteiger partial charge < -0.3 is 0 Å². The molecule has 0 amide bonds. The van der Waals surface area contributed by atoms with Gasteiger partial charge >= 0.3 is 0 Å². The molecule has 0 bridgehead atoms. The molecule has 0 aliphatic rings. The van der Waals surface area contributed by atoms with Gasteiger partial charge in [-0.05, 0) is 11.8 Å². The lowest BCUT2D eigenvalue weighted by molar-refractivity contribution is 0.113. The summed E-state index contributed by atoms with van der Waals surface area (Å²) in [6.07, 6.45) is 0.880. The molecule has 3 nitrogen and oxygen atoms in total. The highest BCUT2D eigenvalue weighted by Crippen LogP contribution is 2.17. The van der Waals surface area contributed by atoms with Gasteiger partial charge in [0.1, 0.15) is 0 Å². The van der Waals surface area contributed by atoms with Gasteiger partial charge in [0.15, 0.2) is 0 Å². The van der Waals surface area contributed by atoms with Crippen LogP contribution in [0.15, 0.2) is 0 Å². The van der Waals surface area contributed by atoms with Gasteiger partial charge in [-0.25, -0.2) is 0 Å². The lowest BCUT2D eigenvalue weighted by Gasteiger charge is -2.23. The summed E-state index contributed by atoms with van der Waals surface area (Å²) in [5.41, 5.74) is 0. The molecule has 0 fully saturated rings. The molecule has 0 aromatic carbocycles. The summed E-state index contributed by atoms with van der Waals surface area (Å²) in [7, 11) is -3.31. The lowest BCUT2D eigenvalue weighted by Crippen LogP contribution is -2.28. The summed E-state index contributed by atoms with van der Waals surface area (Å²) >= 11 is 0. The van der Waals surface area contributed by atoms with Gasteiger partial charge in [0, 0.05) is 0 Å². The molecule has 0 N–H and O–H groups in total. The summed E-state index contributed by atoms with van der Waals surface area (Å²) in [6, 6.07) is 0. The average Bonchev–Trinajstić information content (AvgIpc) is 1.79. The molecule has 0 rings (SSSR count). The second-order valence-electron chi connectivity index (χ2n) is 3.75. The van der Waals surface area contributed by atoms with Gasteiger partial charge in [-0.15, -0.1) is 0 Å². The largest absolute Gasteiger partial charge is 0.266 e. The molecular formula is C8H18O3S. The van der Waals surface area contributed by atoms with Gasteiger partial charge in [0.05, 0.1) is 12.4 Å². The fourth-order valence-electron chi connectivity index (χ4n) is 1.19. The van der Waals surface area contributed by atoms with Crippen LogP contribution < -0.4 is 0 Å². The Labute approximate surface area is 75.2 Å². The SMILES string of the molecule is CC(C)C(OS(C)(=O)=O)C(C)C. The van der Waals surface area contributed by atoms with Gasteiger partial charge in [-0.2, -0.15) is 8.42 Å². The van der Waals surface area contributed by atoms with Crippen LogP contribution in [0, 0.1) is 11.8 Å². The molecule has 74 valence electrons. The molecule has 0 heterocycles. The van der Waals surface area contributed by atoms with E-state index in [1.165, 1.54) is 0 Å². The van der Waals surface area contributed by atoms with E-state index in [1.807, 2.05) is 27.7 Å². The Morgan fingerprint density at radius 1 is 1.00 bits per heavy atom. The highest BCUT2D eigenvalue weighted by Gasteiger charge is 2.22. The second kappa shape index (κ2) is 4.23. The zero-order valence-corrected chi connectivity index (χ0v) is 9.18. The Morgan fingerprint density at radius 2 is 1.33 bits per heavy atom. The average molecular weight is 194 g/mol.